The standard InChI is InChI=1S/C9H15NO2/c1-8(11)10-6-9(7-10)2-4-12-5-3-9/h2-7H2,1H3. The number of hydrogen-bond donors (Lipinski definition) is 0. The summed E-state index contributed by atoms with van der Waals surface area (Å²) >= 11 is 0. The van der Waals surface area contributed by atoms with Gasteiger partial charge in [-0.15, -0.1) is 0 Å². The quantitative estimate of drug-likeness (QED) is 0.532. The van der Waals surface area contributed by atoms with E-state index >= 15 is 0 Å². The first kappa shape index (κ1) is 8.05. The summed E-state index contributed by atoms with van der Waals surface area (Å²) in [7, 11) is 0. The van der Waals surface area contributed by atoms with Crippen molar-refractivity contribution in [2.75, 3.05) is 26.3 Å². The maximum atomic E-state index is 10.9. The lowest BCUT2D eigenvalue weighted by molar-refractivity contribution is -0.147. The normalized spacial score (nSPS) is 26.9. The van der Waals surface area contributed by atoms with Gasteiger partial charge in [-0.3, -0.25) is 4.79 Å². The predicted molar refractivity (Wildman–Crippen MR) is 44.7 cm³/mol. The first-order valence-electron chi connectivity index (χ1n) is 4.55. The van der Waals surface area contributed by atoms with Crippen LogP contribution in [0.5, 0.6) is 0 Å². The number of carbonyl (C=O) groups is 1. The molecule has 0 aromatic rings. The van der Waals surface area contributed by atoms with Crippen LogP contribution in [0.25, 0.3) is 0 Å². The van der Waals surface area contributed by atoms with Crippen LogP contribution in [0.15, 0.2) is 0 Å². The van der Waals surface area contributed by atoms with Gasteiger partial charge in [-0.05, 0) is 12.8 Å². The van der Waals surface area contributed by atoms with Crippen LogP contribution in [0.1, 0.15) is 19.8 Å². The Morgan fingerprint density at radius 1 is 1.33 bits per heavy atom. The Morgan fingerprint density at radius 2 is 1.92 bits per heavy atom. The summed E-state index contributed by atoms with van der Waals surface area (Å²) in [5, 5.41) is 0. The zero-order valence-corrected chi connectivity index (χ0v) is 7.51. The maximum absolute atomic E-state index is 10.9. The van der Waals surface area contributed by atoms with Crippen molar-refractivity contribution in [1.29, 1.82) is 0 Å². The van der Waals surface area contributed by atoms with Gasteiger partial charge in [0.25, 0.3) is 0 Å². The molecule has 2 fully saturated rings. The predicted octanol–water partition coefficient (Wildman–Crippen LogP) is 0.645. The highest BCUT2D eigenvalue weighted by Gasteiger charge is 2.44. The molecule has 3 nitrogen and oxygen atoms in total. The zero-order valence-electron chi connectivity index (χ0n) is 7.51. The number of likely N-dealkylation sites (tertiary alicyclic amines) is 1. The number of hydrogen-bond acceptors (Lipinski definition) is 2. The lowest BCUT2D eigenvalue weighted by atomic mass is 9.73. The summed E-state index contributed by atoms with van der Waals surface area (Å²) in [6, 6.07) is 0. The highest BCUT2D eigenvalue weighted by atomic mass is 16.5. The molecule has 0 atom stereocenters. The molecule has 0 N–H and O–H groups in total. The summed E-state index contributed by atoms with van der Waals surface area (Å²) in [4.78, 5) is 12.9. The van der Waals surface area contributed by atoms with Crippen LogP contribution >= 0.6 is 0 Å². The van der Waals surface area contributed by atoms with Gasteiger partial charge in [0.15, 0.2) is 0 Å². The van der Waals surface area contributed by atoms with Crippen molar-refractivity contribution < 1.29 is 9.53 Å². The van der Waals surface area contributed by atoms with Gasteiger partial charge in [0, 0.05) is 38.6 Å². The van der Waals surface area contributed by atoms with Crippen molar-refractivity contribution in [3.63, 3.8) is 0 Å². The Balaban J connectivity index is 1.88. The van der Waals surface area contributed by atoms with E-state index in [9.17, 15) is 4.79 Å². The van der Waals surface area contributed by atoms with Crippen molar-refractivity contribution in [2.24, 2.45) is 5.41 Å². The largest absolute Gasteiger partial charge is 0.381 e. The molecule has 0 aliphatic carbocycles. The number of ether oxygens (including phenoxy) is 1. The molecule has 3 heteroatoms. The Morgan fingerprint density at radius 3 is 2.42 bits per heavy atom. The lowest BCUT2D eigenvalue weighted by Gasteiger charge is -2.51. The highest BCUT2D eigenvalue weighted by molar-refractivity contribution is 5.74. The highest BCUT2D eigenvalue weighted by Crippen LogP contribution is 2.39. The molecule has 0 bridgehead atoms. The number of nitrogens with zero attached hydrogens (tertiary/aromatic N) is 1. The average molecular weight is 169 g/mol. The van der Waals surface area contributed by atoms with Crippen LogP contribution in [0, 0.1) is 5.41 Å². The van der Waals surface area contributed by atoms with E-state index in [2.05, 4.69) is 0 Å². The monoisotopic (exact) mass is 169 g/mol. The topological polar surface area (TPSA) is 29.5 Å². The van der Waals surface area contributed by atoms with E-state index in [0.717, 1.165) is 39.1 Å². The van der Waals surface area contributed by atoms with Gasteiger partial charge < -0.3 is 9.64 Å². The van der Waals surface area contributed by atoms with Gasteiger partial charge in [0.2, 0.25) is 5.91 Å². The van der Waals surface area contributed by atoms with Gasteiger partial charge in [-0.2, -0.15) is 0 Å². The minimum absolute atomic E-state index is 0.215. The van der Waals surface area contributed by atoms with Gasteiger partial charge in [-0.1, -0.05) is 0 Å². The molecule has 2 aliphatic heterocycles. The van der Waals surface area contributed by atoms with Crippen molar-refractivity contribution in [3.05, 3.63) is 0 Å². The SMILES string of the molecule is CC(=O)N1CC2(CCOCC2)C1. The van der Waals surface area contributed by atoms with E-state index in [1.807, 2.05) is 4.90 Å². The second kappa shape index (κ2) is 2.73. The third kappa shape index (κ3) is 1.22. The van der Waals surface area contributed by atoms with Crippen molar-refractivity contribution >= 4 is 5.91 Å². The first-order chi connectivity index (χ1) is 5.72. The zero-order chi connectivity index (χ0) is 8.60. The summed E-state index contributed by atoms with van der Waals surface area (Å²) in [6.07, 6.45) is 2.27. The third-order valence-electron chi connectivity index (χ3n) is 3.05. The fraction of sp³-hybridized carbons (Fsp3) is 0.889. The van der Waals surface area contributed by atoms with Crippen LogP contribution in [0.3, 0.4) is 0 Å². The number of carbonyl (C=O) groups excluding carboxylic acids is 1. The number of amides is 1. The molecule has 0 radical (unpaired) electrons. The fourth-order valence-corrected chi connectivity index (χ4v) is 2.11. The molecule has 0 aromatic carbocycles. The third-order valence-corrected chi connectivity index (χ3v) is 3.05. The van der Waals surface area contributed by atoms with Gasteiger partial charge in [0.1, 0.15) is 0 Å². The van der Waals surface area contributed by atoms with Crippen LogP contribution in [-0.2, 0) is 9.53 Å². The average Bonchev–Trinajstić information content (AvgIpc) is 2.01. The van der Waals surface area contributed by atoms with E-state index in [4.69, 9.17) is 4.74 Å². The van der Waals surface area contributed by atoms with Gasteiger partial charge >= 0.3 is 0 Å². The Labute approximate surface area is 72.7 Å². The molecule has 2 rings (SSSR count). The Kier molecular flexibility index (Phi) is 1.83. The Bertz CT molecular complexity index is 189. The van der Waals surface area contributed by atoms with E-state index in [-0.39, 0.29) is 5.91 Å². The van der Waals surface area contributed by atoms with Crippen LogP contribution in [-0.4, -0.2) is 37.1 Å². The minimum Gasteiger partial charge on any atom is -0.381 e. The molecule has 68 valence electrons. The molecule has 1 spiro atoms. The van der Waals surface area contributed by atoms with Crippen LogP contribution < -0.4 is 0 Å². The van der Waals surface area contributed by atoms with E-state index in [1.165, 1.54) is 0 Å². The summed E-state index contributed by atoms with van der Waals surface area (Å²) in [5.41, 5.74) is 0.434. The molecule has 0 aromatic heterocycles. The maximum Gasteiger partial charge on any atom is 0.219 e. The van der Waals surface area contributed by atoms with Gasteiger partial charge in [0.05, 0.1) is 0 Å². The molecule has 2 saturated heterocycles. The van der Waals surface area contributed by atoms with Crippen molar-refractivity contribution in [3.8, 4) is 0 Å². The van der Waals surface area contributed by atoms with Crippen molar-refractivity contribution in [1.82, 2.24) is 4.90 Å². The van der Waals surface area contributed by atoms with Crippen LogP contribution in [0.2, 0.25) is 0 Å². The summed E-state index contributed by atoms with van der Waals surface area (Å²) in [6.45, 7) is 5.33. The summed E-state index contributed by atoms with van der Waals surface area (Å²) < 4.78 is 5.29. The second-order valence-corrected chi connectivity index (χ2v) is 3.99. The molecule has 1 amide bonds. The lowest BCUT2D eigenvalue weighted by Crippen LogP contribution is -2.59. The van der Waals surface area contributed by atoms with E-state index < -0.39 is 0 Å². The van der Waals surface area contributed by atoms with Crippen LogP contribution in [0.4, 0.5) is 0 Å². The summed E-state index contributed by atoms with van der Waals surface area (Å²) in [5.74, 6) is 0.215. The van der Waals surface area contributed by atoms with Gasteiger partial charge in [-0.25, -0.2) is 0 Å². The molecular weight excluding hydrogens is 154 g/mol. The van der Waals surface area contributed by atoms with E-state index in [0.29, 0.717) is 5.41 Å². The first-order valence-corrected chi connectivity index (χ1v) is 4.55. The Hall–Kier alpha value is -0.570. The minimum atomic E-state index is 0.215. The molecule has 12 heavy (non-hydrogen) atoms. The number of rotatable bonds is 0. The van der Waals surface area contributed by atoms with Crippen molar-refractivity contribution in [2.45, 2.75) is 19.8 Å². The molecule has 2 heterocycles. The molecular formula is C9H15NO2. The second-order valence-electron chi connectivity index (χ2n) is 3.99. The fourth-order valence-electron chi connectivity index (χ4n) is 2.11. The van der Waals surface area contributed by atoms with E-state index in [1.54, 1.807) is 6.92 Å². The smallest absolute Gasteiger partial charge is 0.219 e. The molecule has 0 saturated carbocycles. The molecule has 0 unspecified atom stereocenters. The molecule has 2 aliphatic rings.